The number of carbonyl (C=O) groups excluding carboxylic acids is 1. The zero-order chi connectivity index (χ0) is 13.7. The first-order valence-corrected chi connectivity index (χ1v) is 6.54. The molecule has 0 spiro atoms. The molecule has 1 N–H and O–H groups in total. The molecular weight excluding hydrogens is 240 g/mol. The van der Waals surface area contributed by atoms with Gasteiger partial charge >= 0.3 is 6.03 Å². The van der Waals surface area contributed by atoms with Gasteiger partial charge in [-0.05, 0) is 36.1 Å². The van der Waals surface area contributed by atoms with Crippen molar-refractivity contribution < 1.29 is 9.53 Å². The van der Waals surface area contributed by atoms with E-state index in [-0.39, 0.29) is 6.03 Å². The quantitative estimate of drug-likeness (QED) is 0.848. The van der Waals surface area contributed by atoms with Crippen molar-refractivity contribution in [2.24, 2.45) is 0 Å². The van der Waals surface area contributed by atoms with E-state index in [1.165, 1.54) is 11.1 Å². The average molecular weight is 260 g/mol. The van der Waals surface area contributed by atoms with Gasteiger partial charge in [0.1, 0.15) is 5.75 Å². The van der Waals surface area contributed by atoms with Gasteiger partial charge in [-0.15, -0.1) is 6.58 Å². The van der Waals surface area contributed by atoms with Gasteiger partial charge in [-0.2, -0.15) is 0 Å². The first-order chi connectivity index (χ1) is 9.24. The highest BCUT2D eigenvalue weighted by Crippen LogP contribution is 2.23. The molecule has 0 fully saturated rings. The van der Waals surface area contributed by atoms with E-state index >= 15 is 0 Å². The molecule has 0 saturated heterocycles. The SMILES string of the molecule is C=CCNC(=O)N1CCCc2cc(OC)ccc2C1. The number of amides is 2. The number of fused-ring (bicyclic) bond motifs is 1. The topological polar surface area (TPSA) is 41.6 Å². The fraction of sp³-hybridized carbons (Fsp3) is 0.400. The molecule has 2 rings (SSSR count). The molecule has 4 heteroatoms. The number of carbonyl (C=O) groups is 1. The van der Waals surface area contributed by atoms with Crippen LogP contribution in [0.2, 0.25) is 0 Å². The second-order valence-corrected chi connectivity index (χ2v) is 4.63. The van der Waals surface area contributed by atoms with Crippen LogP contribution in [0.1, 0.15) is 17.5 Å². The molecule has 2 amide bonds. The van der Waals surface area contributed by atoms with Crippen molar-refractivity contribution >= 4 is 6.03 Å². The minimum absolute atomic E-state index is 0.0245. The number of hydrogen-bond acceptors (Lipinski definition) is 2. The molecule has 0 aromatic heterocycles. The third kappa shape index (κ3) is 3.28. The number of aryl methyl sites for hydroxylation is 1. The lowest BCUT2D eigenvalue weighted by Gasteiger charge is -2.21. The summed E-state index contributed by atoms with van der Waals surface area (Å²) in [5, 5.41) is 2.83. The maximum atomic E-state index is 12.0. The first kappa shape index (κ1) is 13.5. The Balaban J connectivity index is 2.11. The van der Waals surface area contributed by atoms with Gasteiger partial charge in [0.05, 0.1) is 7.11 Å². The van der Waals surface area contributed by atoms with Crippen molar-refractivity contribution in [3.63, 3.8) is 0 Å². The number of methoxy groups -OCH3 is 1. The van der Waals surface area contributed by atoms with E-state index in [4.69, 9.17) is 4.74 Å². The van der Waals surface area contributed by atoms with Gasteiger partial charge in [-0.25, -0.2) is 4.79 Å². The van der Waals surface area contributed by atoms with Gasteiger partial charge in [0, 0.05) is 19.6 Å². The zero-order valence-electron chi connectivity index (χ0n) is 11.3. The monoisotopic (exact) mass is 260 g/mol. The van der Waals surface area contributed by atoms with Gasteiger partial charge < -0.3 is 15.0 Å². The molecule has 0 atom stereocenters. The van der Waals surface area contributed by atoms with Crippen molar-refractivity contribution in [2.45, 2.75) is 19.4 Å². The minimum Gasteiger partial charge on any atom is -0.497 e. The number of benzene rings is 1. The third-order valence-corrected chi connectivity index (χ3v) is 3.33. The summed E-state index contributed by atoms with van der Waals surface area (Å²) in [4.78, 5) is 13.8. The van der Waals surface area contributed by atoms with Gasteiger partial charge in [0.15, 0.2) is 0 Å². The molecule has 1 aliphatic rings. The first-order valence-electron chi connectivity index (χ1n) is 6.54. The van der Waals surface area contributed by atoms with Crippen LogP contribution in [0, 0.1) is 0 Å². The number of urea groups is 1. The summed E-state index contributed by atoms with van der Waals surface area (Å²) in [6.45, 7) is 5.54. The van der Waals surface area contributed by atoms with Crippen LogP contribution < -0.4 is 10.1 Å². The van der Waals surface area contributed by atoms with Crippen LogP contribution in [-0.2, 0) is 13.0 Å². The summed E-state index contributed by atoms with van der Waals surface area (Å²) < 4.78 is 5.24. The second-order valence-electron chi connectivity index (χ2n) is 4.63. The largest absolute Gasteiger partial charge is 0.497 e. The number of hydrogen-bond donors (Lipinski definition) is 1. The van der Waals surface area contributed by atoms with E-state index in [1.807, 2.05) is 17.0 Å². The second kappa shape index (κ2) is 6.27. The van der Waals surface area contributed by atoms with Crippen molar-refractivity contribution in [2.75, 3.05) is 20.2 Å². The zero-order valence-corrected chi connectivity index (χ0v) is 11.3. The third-order valence-electron chi connectivity index (χ3n) is 3.33. The predicted molar refractivity (Wildman–Crippen MR) is 75.3 cm³/mol. The van der Waals surface area contributed by atoms with Gasteiger partial charge in [0.2, 0.25) is 0 Å². The molecule has 0 radical (unpaired) electrons. The minimum atomic E-state index is -0.0245. The Hall–Kier alpha value is -1.97. The maximum Gasteiger partial charge on any atom is 0.317 e. The van der Waals surface area contributed by atoms with Crippen LogP contribution in [0.5, 0.6) is 5.75 Å². The van der Waals surface area contributed by atoms with Crippen LogP contribution in [0.25, 0.3) is 0 Å². The Labute approximate surface area is 114 Å². The van der Waals surface area contributed by atoms with Crippen LogP contribution >= 0.6 is 0 Å². The molecule has 4 nitrogen and oxygen atoms in total. The Bertz CT molecular complexity index is 471. The van der Waals surface area contributed by atoms with Crippen LogP contribution in [0.3, 0.4) is 0 Å². The molecular formula is C15H20N2O2. The summed E-state index contributed by atoms with van der Waals surface area (Å²) in [5.41, 5.74) is 2.48. The van der Waals surface area contributed by atoms with Gasteiger partial charge in [-0.1, -0.05) is 12.1 Å². The van der Waals surface area contributed by atoms with E-state index < -0.39 is 0 Å². The number of rotatable bonds is 3. The van der Waals surface area contributed by atoms with Crippen LogP contribution in [0.15, 0.2) is 30.9 Å². The molecule has 19 heavy (non-hydrogen) atoms. The Morgan fingerprint density at radius 1 is 1.53 bits per heavy atom. The van der Waals surface area contributed by atoms with Crippen molar-refractivity contribution in [1.82, 2.24) is 10.2 Å². The van der Waals surface area contributed by atoms with Crippen molar-refractivity contribution in [3.8, 4) is 5.75 Å². The summed E-state index contributed by atoms with van der Waals surface area (Å²) in [6.07, 6.45) is 3.65. The highest BCUT2D eigenvalue weighted by atomic mass is 16.5. The fourth-order valence-electron chi connectivity index (χ4n) is 2.31. The number of nitrogens with zero attached hydrogens (tertiary/aromatic N) is 1. The summed E-state index contributed by atoms with van der Waals surface area (Å²) in [6, 6.07) is 6.04. The summed E-state index contributed by atoms with van der Waals surface area (Å²) >= 11 is 0. The Morgan fingerprint density at radius 2 is 2.37 bits per heavy atom. The molecule has 1 aromatic rings. The van der Waals surface area contributed by atoms with E-state index in [9.17, 15) is 4.79 Å². The fourth-order valence-corrected chi connectivity index (χ4v) is 2.31. The molecule has 0 saturated carbocycles. The Kier molecular flexibility index (Phi) is 4.44. The van der Waals surface area contributed by atoms with Gasteiger partial charge in [0.25, 0.3) is 0 Å². The lowest BCUT2D eigenvalue weighted by Crippen LogP contribution is -2.39. The normalized spacial score (nSPS) is 14.3. The van der Waals surface area contributed by atoms with Crippen LogP contribution in [0.4, 0.5) is 4.79 Å². The Morgan fingerprint density at radius 3 is 3.11 bits per heavy atom. The predicted octanol–water partition coefficient (Wildman–Crippen LogP) is 2.34. The number of ether oxygens (including phenoxy) is 1. The molecule has 0 bridgehead atoms. The molecule has 1 heterocycles. The number of nitrogens with one attached hydrogen (secondary N) is 1. The highest BCUT2D eigenvalue weighted by Gasteiger charge is 2.18. The average Bonchev–Trinajstić information content (AvgIpc) is 2.65. The lowest BCUT2D eigenvalue weighted by molar-refractivity contribution is 0.197. The van der Waals surface area contributed by atoms with E-state index in [0.717, 1.165) is 25.1 Å². The van der Waals surface area contributed by atoms with Crippen molar-refractivity contribution in [1.29, 1.82) is 0 Å². The molecule has 1 aliphatic heterocycles. The van der Waals surface area contributed by atoms with E-state index in [1.54, 1.807) is 13.2 Å². The maximum absolute atomic E-state index is 12.0. The summed E-state index contributed by atoms with van der Waals surface area (Å²) in [7, 11) is 1.67. The van der Waals surface area contributed by atoms with E-state index in [2.05, 4.69) is 18.0 Å². The molecule has 102 valence electrons. The smallest absolute Gasteiger partial charge is 0.317 e. The van der Waals surface area contributed by atoms with Crippen molar-refractivity contribution in [3.05, 3.63) is 42.0 Å². The lowest BCUT2D eigenvalue weighted by atomic mass is 10.0. The molecule has 0 aliphatic carbocycles. The molecule has 1 aromatic carbocycles. The standard InChI is InChI=1S/C15H20N2O2/c1-3-8-16-15(18)17-9-4-5-12-10-14(19-2)7-6-13(12)11-17/h3,6-7,10H,1,4-5,8-9,11H2,2H3,(H,16,18). The summed E-state index contributed by atoms with van der Waals surface area (Å²) in [5.74, 6) is 0.878. The van der Waals surface area contributed by atoms with Crippen LogP contribution in [-0.4, -0.2) is 31.1 Å². The van der Waals surface area contributed by atoms with E-state index in [0.29, 0.717) is 13.1 Å². The highest BCUT2D eigenvalue weighted by molar-refractivity contribution is 5.74. The molecule has 0 unspecified atom stereocenters. The van der Waals surface area contributed by atoms with Gasteiger partial charge in [-0.3, -0.25) is 0 Å².